The maximum absolute atomic E-state index is 12.2. The van der Waals surface area contributed by atoms with Gasteiger partial charge in [-0.25, -0.2) is 0 Å². The van der Waals surface area contributed by atoms with Gasteiger partial charge in [0.05, 0.1) is 11.7 Å². The van der Waals surface area contributed by atoms with Crippen LogP contribution in [0, 0.1) is 0 Å². The number of nitrogen functional groups attached to an aromatic ring is 1. The van der Waals surface area contributed by atoms with Crippen LogP contribution in [-0.2, 0) is 4.74 Å². The number of halogens is 1. The number of amides is 1. The fourth-order valence-electron chi connectivity index (χ4n) is 2.11. The van der Waals surface area contributed by atoms with Crippen LogP contribution in [-0.4, -0.2) is 37.1 Å². The second kappa shape index (κ2) is 5.59. The summed E-state index contributed by atoms with van der Waals surface area (Å²) in [7, 11) is 1.76. The zero-order chi connectivity index (χ0) is 13.1. The molecule has 1 aliphatic heterocycles. The quantitative estimate of drug-likeness (QED) is 0.855. The number of nitrogens with two attached hydrogens (primary N) is 1. The number of ether oxygens (including phenoxy) is 1. The summed E-state index contributed by atoms with van der Waals surface area (Å²) >= 11 is 5.81. The molecule has 18 heavy (non-hydrogen) atoms. The minimum absolute atomic E-state index is 0.0975. The summed E-state index contributed by atoms with van der Waals surface area (Å²) in [4.78, 5) is 13.9. The van der Waals surface area contributed by atoms with E-state index >= 15 is 0 Å². The van der Waals surface area contributed by atoms with E-state index in [9.17, 15) is 4.79 Å². The van der Waals surface area contributed by atoms with E-state index in [1.54, 1.807) is 30.1 Å². The van der Waals surface area contributed by atoms with E-state index in [0.717, 1.165) is 19.4 Å². The predicted molar refractivity (Wildman–Crippen MR) is 71.8 cm³/mol. The van der Waals surface area contributed by atoms with Gasteiger partial charge >= 0.3 is 0 Å². The summed E-state index contributed by atoms with van der Waals surface area (Å²) in [5, 5.41) is 0.533. The molecule has 5 heteroatoms. The molecule has 0 saturated carbocycles. The number of anilines is 1. The van der Waals surface area contributed by atoms with Crippen LogP contribution >= 0.6 is 11.6 Å². The number of hydrogen-bond donors (Lipinski definition) is 1. The number of carbonyl (C=O) groups is 1. The molecule has 2 rings (SSSR count). The molecule has 1 heterocycles. The van der Waals surface area contributed by atoms with Gasteiger partial charge in [0.15, 0.2) is 0 Å². The third-order valence-electron chi connectivity index (χ3n) is 3.09. The second-order valence-electron chi connectivity index (χ2n) is 4.55. The van der Waals surface area contributed by atoms with Gasteiger partial charge in [-0.3, -0.25) is 4.79 Å². The van der Waals surface area contributed by atoms with Crippen molar-refractivity contribution >= 4 is 23.2 Å². The summed E-state index contributed by atoms with van der Waals surface area (Å²) < 4.78 is 5.51. The van der Waals surface area contributed by atoms with Crippen LogP contribution in [0.15, 0.2) is 18.2 Å². The Bertz CT molecular complexity index is 445. The van der Waals surface area contributed by atoms with Gasteiger partial charge in [0.1, 0.15) is 0 Å². The molecule has 1 aromatic carbocycles. The monoisotopic (exact) mass is 268 g/mol. The topological polar surface area (TPSA) is 55.6 Å². The Balaban J connectivity index is 2.05. The summed E-state index contributed by atoms with van der Waals surface area (Å²) in [5.41, 5.74) is 6.70. The molecule has 0 bridgehead atoms. The van der Waals surface area contributed by atoms with E-state index in [2.05, 4.69) is 0 Å². The fourth-order valence-corrected chi connectivity index (χ4v) is 2.29. The number of likely N-dealkylation sites (N-methyl/N-ethyl adjacent to an activating group) is 1. The van der Waals surface area contributed by atoms with Crippen molar-refractivity contribution in [1.29, 1.82) is 0 Å². The lowest BCUT2D eigenvalue weighted by molar-refractivity contribution is 0.0588. The van der Waals surface area contributed by atoms with Gasteiger partial charge in [-0.05, 0) is 31.0 Å². The van der Waals surface area contributed by atoms with E-state index in [1.165, 1.54) is 0 Å². The largest absolute Gasteiger partial charge is 0.398 e. The average molecular weight is 269 g/mol. The lowest BCUT2D eigenvalue weighted by Crippen LogP contribution is -2.34. The lowest BCUT2D eigenvalue weighted by Gasteiger charge is -2.21. The number of hydrogen-bond acceptors (Lipinski definition) is 3. The molecule has 1 unspecified atom stereocenters. The molecule has 1 fully saturated rings. The molecule has 0 radical (unpaired) electrons. The van der Waals surface area contributed by atoms with Crippen molar-refractivity contribution in [3.05, 3.63) is 28.8 Å². The molecule has 98 valence electrons. The first-order chi connectivity index (χ1) is 8.58. The van der Waals surface area contributed by atoms with Crippen LogP contribution < -0.4 is 5.73 Å². The van der Waals surface area contributed by atoms with Crippen LogP contribution in [0.5, 0.6) is 0 Å². The van der Waals surface area contributed by atoms with Crippen LogP contribution in [0.25, 0.3) is 0 Å². The van der Waals surface area contributed by atoms with Crippen molar-refractivity contribution in [2.45, 2.75) is 18.9 Å². The zero-order valence-corrected chi connectivity index (χ0v) is 11.1. The van der Waals surface area contributed by atoms with E-state index < -0.39 is 0 Å². The third-order valence-corrected chi connectivity index (χ3v) is 3.33. The van der Waals surface area contributed by atoms with Crippen molar-refractivity contribution in [3.8, 4) is 0 Å². The average Bonchev–Trinajstić information content (AvgIpc) is 2.81. The first-order valence-electron chi connectivity index (χ1n) is 6.00. The predicted octanol–water partition coefficient (Wildman–Crippen LogP) is 2.17. The van der Waals surface area contributed by atoms with Gasteiger partial charge in [0.25, 0.3) is 5.91 Å². The lowest BCUT2D eigenvalue weighted by atomic mass is 10.1. The van der Waals surface area contributed by atoms with Crippen LogP contribution in [0.4, 0.5) is 5.69 Å². The normalized spacial score (nSPS) is 18.9. The van der Waals surface area contributed by atoms with E-state index in [0.29, 0.717) is 22.8 Å². The number of carbonyl (C=O) groups excluding carboxylic acids is 1. The zero-order valence-electron chi connectivity index (χ0n) is 10.4. The smallest absolute Gasteiger partial charge is 0.255 e. The van der Waals surface area contributed by atoms with Crippen LogP contribution in [0.3, 0.4) is 0 Å². The maximum Gasteiger partial charge on any atom is 0.255 e. The van der Waals surface area contributed by atoms with Gasteiger partial charge in [0, 0.05) is 30.9 Å². The van der Waals surface area contributed by atoms with E-state index in [-0.39, 0.29) is 12.0 Å². The fraction of sp³-hybridized carbons (Fsp3) is 0.462. The minimum Gasteiger partial charge on any atom is -0.398 e. The van der Waals surface area contributed by atoms with Gasteiger partial charge < -0.3 is 15.4 Å². The Hall–Kier alpha value is -1.26. The molecule has 1 saturated heterocycles. The van der Waals surface area contributed by atoms with E-state index in [4.69, 9.17) is 22.1 Å². The van der Waals surface area contributed by atoms with Crippen LogP contribution in [0.1, 0.15) is 23.2 Å². The molecule has 0 aromatic heterocycles. The van der Waals surface area contributed by atoms with Crippen molar-refractivity contribution in [1.82, 2.24) is 4.90 Å². The molecule has 2 N–H and O–H groups in total. The van der Waals surface area contributed by atoms with E-state index in [1.807, 2.05) is 0 Å². The molecule has 0 spiro atoms. The second-order valence-corrected chi connectivity index (χ2v) is 4.99. The Morgan fingerprint density at radius 1 is 1.61 bits per heavy atom. The Morgan fingerprint density at radius 2 is 2.39 bits per heavy atom. The Labute approximate surface area is 112 Å². The summed E-state index contributed by atoms with van der Waals surface area (Å²) in [6, 6.07) is 4.92. The molecule has 4 nitrogen and oxygen atoms in total. The SMILES string of the molecule is CN(CC1CCCO1)C(=O)c1ccc(Cl)cc1N. The number of rotatable bonds is 3. The van der Waals surface area contributed by atoms with Gasteiger partial charge in [-0.2, -0.15) is 0 Å². The molecule has 1 aliphatic rings. The van der Waals surface area contributed by atoms with Gasteiger partial charge in [0.2, 0.25) is 0 Å². The first-order valence-corrected chi connectivity index (χ1v) is 6.38. The third kappa shape index (κ3) is 2.94. The Kier molecular flexibility index (Phi) is 4.09. The van der Waals surface area contributed by atoms with Crippen molar-refractivity contribution in [2.75, 3.05) is 25.9 Å². The molecule has 1 amide bonds. The molecular formula is C13H17ClN2O2. The van der Waals surface area contributed by atoms with Crippen LogP contribution in [0.2, 0.25) is 5.02 Å². The number of benzene rings is 1. The highest BCUT2D eigenvalue weighted by Gasteiger charge is 2.21. The molecule has 1 atom stereocenters. The van der Waals surface area contributed by atoms with Gasteiger partial charge in [-0.15, -0.1) is 0 Å². The summed E-state index contributed by atoms with van der Waals surface area (Å²) in [6.07, 6.45) is 2.22. The summed E-state index contributed by atoms with van der Waals surface area (Å²) in [6.45, 7) is 1.39. The highest BCUT2D eigenvalue weighted by molar-refractivity contribution is 6.31. The molecular weight excluding hydrogens is 252 g/mol. The van der Waals surface area contributed by atoms with Crippen molar-refractivity contribution in [2.24, 2.45) is 0 Å². The standard InChI is InChI=1S/C13H17ClN2O2/c1-16(8-10-3-2-6-18-10)13(17)11-5-4-9(14)7-12(11)15/h4-5,7,10H,2-3,6,8,15H2,1H3. The highest BCUT2D eigenvalue weighted by atomic mass is 35.5. The highest BCUT2D eigenvalue weighted by Crippen LogP contribution is 2.20. The molecule has 1 aromatic rings. The minimum atomic E-state index is -0.0975. The first kappa shape index (κ1) is 13.2. The van der Waals surface area contributed by atoms with Gasteiger partial charge in [-0.1, -0.05) is 11.6 Å². The Morgan fingerprint density at radius 3 is 3.00 bits per heavy atom. The van der Waals surface area contributed by atoms with Crippen molar-refractivity contribution < 1.29 is 9.53 Å². The summed E-state index contributed by atoms with van der Waals surface area (Å²) in [5.74, 6) is -0.0975. The number of nitrogens with zero attached hydrogens (tertiary/aromatic N) is 1. The molecule has 0 aliphatic carbocycles. The maximum atomic E-state index is 12.2. The van der Waals surface area contributed by atoms with Crippen molar-refractivity contribution in [3.63, 3.8) is 0 Å².